The minimum absolute atomic E-state index is 0.367. The number of nitrogens with one attached hydrogen (secondary N) is 1. The Balaban J connectivity index is 1.73. The van der Waals surface area contributed by atoms with Crippen molar-refractivity contribution in [1.29, 1.82) is 0 Å². The van der Waals surface area contributed by atoms with Gasteiger partial charge in [0.2, 0.25) is 10.0 Å². The molecule has 0 saturated heterocycles. The summed E-state index contributed by atoms with van der Waals surface area (Å²) >= 11 is 6.35. The second kappa shape index (κ2) is 5.53. The van der Waals surface area contributed by atoms with Gasteiger partial charge in [-0.25, -0.2) is 13.1 Å². The fourth-order valence-corrected chi connectivity index (χ4v) is 6.85. The first-order valence-corrected chi connectivity index (χ1v) is 10.2. The van der Waals surface area contributed by atoms with Crippen molar-refractivity contribution >= 4 is 48.6 Å². The molecule has 108 valence electrons. The lowest BCUT2D eigenvalue weighted by Gasteiger charge is -2.02. The maximum Gasteiger partial charge on any atom is 0.250 e. The summed E-state index contributed by atoms with van der Waals surface area (Å²) in [5.74, 6) is 0. The van der Waals surface area contributed by atoms with Crippen molar-refractivity contribution in [2.45, 2.75) is 36.9 Å². The molecule has 0 atom stereocenters. The summed E-state index contributed by atoms with van der Waals surface area (Å²) in [5.41, 5.74) is 2.35. The summed E-state index contributed by atoms with van der Waals surface area (Å²) in [6.45, 7) is 2.28. The molecule has 0 amide bonds. The molecule has 2 aromatic rings. The van der Waals surface area contributed by atoms with Crippen LogP contribution in [0.5, 0.6) is 0 Å². The molecule has 0 saturated carbocycles. The van der Waals surface area contributed by atoms with Gasteiger partial charge < -0.3 is 0 Å². The zero-order chi connectivity index (χ0) is 14.3. The molecule has 0 spiro atoms. The molecule has 0 radical (unpaired) electrons. The summed E-state index contributed by atoms with van der Waals surface area (Å²) in [5, 5.41) is 0. The highest BCUT2D eigenvalue weighted by Gasteiger charge is 2.20. The van der Waals surface area contributed by atoms with Gasteiger partial charge in [0.05, 0.1) is 3.79 Å². The molecule has 3 nitrogen and oxygen atoms in total. The fraction of sp³-hybridized carbons (Fsp3) is 0.385. The second-order valence-electron chi connectivity index (χ2n) is 4.86. The molecule has 1 aliphatic rings. The standard InChI is InChI=1S/C13H14BrNO2S3/c1-8-5-12(19-13(8)14)20(16,17)15-7-10-6-9-3-2-4-11(9)18-10/h5-6,15H,2-4,7H2,1H3. The van der Waals surface area contributed by atoms with Crippen LogP contribution in [0.1, 0.15) is 27.3 Å². The van der Waals surface area contributed by atoms with Crippen molar-refractivity contribution < 1.29 is 8.42 Å². The minimum Gasteiger partial charge on any atom is -0.206 e. The van der Waals surface area contributed by atoms with Crippen molar-refractivity contribution in [3.05, 3.63) is 36.8 Å². The summed E-state index contributed by atoms with van der Waals surface area (Å²) in [7, 11) is -3.41. The van der Waals surface area contributed by atoms with Crippen LogP contribution >= 0.6 is 38.6 Å². The third-order valence-corrected chi connectivity index (χ3v) is 8.58. The van der Waals surface area contributed by atoms with Gasteiger partial charge >= 0.3 is 0 Å². The molecule has 1 aliphatic carbocycles. The lowest BCUT2D eigenvalue weighted by atomic mass is 10.2. The van der Waals surface area contributed by atoms with Gasteiger partial charge in [-0.1, -0.05) is 0 Å². The number of fused-ring (bicyclic) bond motifs is 1. The van der Waals surface area contributed by atoms with Crippen molar-refractivity contribution in [1.82, 2.24) is 4.72 Å². The lowest BCUT2D eigenvalue weighted by Crippen LogP contribution is -2.21. The second-order valence-corrected chi connectivity index (χ2v) is 10.4. The molecular weight excluding hydrogens is 378 g/mol. The van der Waals surface area contributed by atoms with Gasteiger partial charge in [-0.05, 0) is 65.4 Å². The van der Waals surface area contributed by atoms with Gasteiger partial charge in [0.25, 0.3) is 0 Å². The molecule has 3 rings (SSSR count). The highest BCUT2D eigenvalue weighted by Crippen LogP contribution is 2.32. The topological polar surface area (TPSA) is 46.2 Å². The van der Waals surface area contributed by atoms with Gasteiger partial charge in [0.1, 0.15) is 4.21 Å². The van der Waals surface area contributed by atoms with E-state index < -0.39 is 10.0 Å². The van der Waals surface area contributed by atoms with E-state index in [0.717, 1.165) is 27.1 Å². The first kappa shape index (κ1) is 14.7. The molecule has 0 unspecified atom stereocenters. The SMILES string of the molecule is Cc1cc(S(=O)(=O)NCc2cc3c(s2)CCC3)sc1Br. The van der Waals surface area contributed by atoms with Crippen LogP contribution in [0.4, 0.5) is 0 Å². The Kier molecular flexibility index (Phi) is 4.07. The molecule has 0 aromatic carbocycles. The monoisotopic (exact) mass is 391 g/mol. The van der Waals surface area contributed by atoms with E-state index in [1.54, 1.807) is 17.4 Å². The Bertz CT molecular complexity index is 705. The lowest BCUT2D eigenvalue weighted by molar-refractivity contribution is 0.584. The first-order chi connectivity index (χ1) is 9.45. The normalized spacial score (nSPS) is 14.7. The van der Waals surface area contributed by atoms with E-state index in [1.165, 1.54) is 28.2 Å². The van der Waals surface area contributed by atoms with Crippen LogP contribution in [-0.2, 0) is 29.4 Å². The Morgan fingerprint density at radius 1 is 1.30 bits per heavy atom. The highest BCUT2D eigenvalue weighted by molar-refractivity contribution is 9.11. The Morgan fingerprint density at radius 3 is 2.75 bits per heavy atom. The van der Waals surface area contributed by atoms with Gasteiger partial charge in [-0.2, -0.15) is 0 Å². The maximum atomic E-state index is 12.2. The minimum atomic E-state index is -3.41. The van der Waals surface area contributed by atoms with E-state index in [4.69, 9.17) is 0 Å². The van der Waals surface area contributed by atoms with Crippen LogP contribution in [0.2, 0.25) is 0 Å². The van der Waals surface area contributed by atoms with Crippen LogP contribution in [-0.4, -0.2) is 8.42 Å². The third-order valence-electron chi connectivity index (χ3n) is 3.33. The third kappa shape index (κ3) is 2.87. The molecule has 20 heavy (non-hydrogen) atoms. The average molecular weight is 392 g/mol. The zero-order valence-electron chi connectivity index (χ0n) is 10.9. The number of sulfonamides is 1. The summed E-state index contributed by atoms with van der Waals surface area (Å²) in [4.78, 5) is 2.53. The molecule has 1 N–H and O–H groups in total. The van der Waals surface area contributed by atoms with Crippen molar-refractivity contribution in [2.24, 2.45) is 0 Å². The van der Waals surface area contributed by atoms with Crippen LogP contribution in [0.25, 0.3) is 0 Å². The zero-order valence-corrected chi connectivity index (χ0v) is 14.9. The summed E-state index contributed by atoms with van der Waals surface area (Å²) in [6, 6.07) is 3.84. The molecule has 0 fully saturated rings. The molecule has 0 aliphatic heterocycles. The van der Waals surface area contributed by atoms with Gasteiger partial charge in [0, 0.05) is 16.3 Å². The van der Waals surface area contributed by atoms with Crippen molar-refractivity contribution in [3.8, 4) is 0 Å². The maximum absolute atomic E-state index is 12.2. The van der Waals surface area contributed by atoms with E-state index in [-0.39, 0.29) is 0 Å². The van der Waals surface area contributed by atoms with Gasteiger partial charge in [-0.3, -0.25) is 0 Å². The number of halogens is 1. The van der Waals surface area contributed by atoms with Gasteiger partial charge in [-0.15, -0.1) is 22.7 Å². The molecule has 2 heterocycles. The van der Waals surface area contributed by atoms with Gasteiger partial charge in [0.15, 0.2) is 0 Å². The van der Waals surface area contributed by atoms with Crippen molar-refractivity contribution in [2.75, 3.05) is 0 Å². The number of hydrogen-bond donors (Lipinski definition) is 1. The van der Waals surface area contributed by atoms with Crippen LogP contribution < -0.4 is 4.72 Å². The Labute approximate surface area is 135 Å². The predicted molar refractivity (Wildman–Crippen MR) is 87.1 cm³/mol. The smallest absolute Gasteiger partial charge is 0.206 e. The molecule has 7 heteroatoms. The van der Waals surface area contributed by atoms with E-state index in [1.807, 2.05) is 6.92 Å². The van der Waals surface area contributed by atoms with E-state index >= 15 is 0 Å². The number of thiophene rings is 2. The average Bonchev–Trinajstić information content (AvgIpc) is 3.03. The molecule has 2 aromatic heterocycles. The van der Waals surface area contributed by atoms with E-state index in [2.05, 4.69) is 26.7 Å². The fourth-order valence-electron chi connectivity index (χ4n) is 2.28. The highest BCUT2D eigenvalue weighted by atomic mass is 79.9. The largest absolute Gasteiger partial charge is 0.250 e. The van der Waals surface area contributed by atoms with E-state index in [0.29, 0.717) is 10.8 Å². The molecule has 0 bridgehead atoms. The van der Waals surface area contributed by atoms with E-state index in [9.17, 15) is 8.42 Å². The quantitative estimate of drug-likeness (QED) is 0.859. The van der Waals surface area contributed by atoms with Crippen LogP contribution in [0.3, 0.4) is 0 Å². The first-order valence-electron chi connectivity index (χ1n) is 6.32. The molecular formula is C13H14BrNO2S3. The van der Waals surface area contributed by atoms with Crippen LogP contribution in [0, 0.1) is 6.92 Å². The summed E-state index contributed by atoms with van der Waals surface area (Å²) in [6.07, 6.45) is 3.51. The summed E-state index contributed by atoms with van der Waals surface area (Å²) < 4.78 is 28.4. The number of rotatable bonds is 4. The Morgan fingerprint density at radius 2 is 2.10 bits per heavy atom. The van der Waals surface area contributed by atoms with Crippen molar-refractivity contribution in [3.63, 3.8) is 0 Å². The number of hydrogen-bond acceptors (Lipinski definition) is 4. The predicted octanol–water partition coefficient (Wildman–Crippen LogP) is 3.85. The van der Waals surface area contributed by atoms with Crippen LogP contribution in [0.15, 0.2) is 20.1 Å². The Hall–Kier alpha value is -0.210. The number of aryl methyl sites for hydroxylation is 3.